The van der Waals surface area contributed by atoms with Crippen molar-refractivity contribution in [3.05, 3.63) is 12.7 Å². The van der Waals surface area contributed by atoms with E-state index < -0.39 is 248 Å². The molecule has 0 aromatic carbocycles. The van der Waals surface area contributed by atoms with Crippen molar-refractivity contribution in [3.63, 3.8) is 0 Å². The second-order valence-corrected chi connectivity index (χ2v) is 20.7. The molecule has 0 bridgehead atoms. The molecule has 7 saturated heterocycles. The first kappa shape index (κ1) is 65.0. The van der Waals surface area contributed by atoms with Crippen molar-refractivity contribution in [2.45, 2.75) is 241 Å². The van der Waals surface area contributed by atoms with E-state index in [0.717, 1.165) is 0 Å². The minimum Gasteiger partial charge on any atom is -0.394 e. The molecule has 0 saturated carbocycles. The molecule has 0 aromatic heterocycles. The average Bonchev–Trinajstić information content (AvgIpc) is 3.44. The van der Waals surface area contributed by atoms with Crippen LogP contribution in [0.25, 0.3) is 0 Å². The van der Waals surface area contributed by atoms with Crippen molar-refractivity contribution < 1.29 is 153 Å². The number of aliphatic hydroxyl groups is 18. The smallest absolute Gasteiger partial charge is 0.187 e. The molecule has 7 fully saturated rings. The third-order valence-corrected chi connectivity index (χ3v) is 15.4. The minimum atomic E-state index is -2.17. The van der Waals surface area contributed by atoms with Gasteiger partial charge in [-0.2, -0.15) is 0 Å². The van der Waals surface area contributed by atoms with Crippen LogP contribution in [0.1, 0.15) is 26.7 Å². The minimum absolute atomic E-state index is 0.211. The highest BCUT2D eigenvalue weighted by atomic mass is 16.8. The quantitative estimate of drug-likeness (QED) is 0.0503. The molecule has 33 heteroatoms. The van der Waals surface area contributed by atoms with E-state index in [0.29, 0.717) is 6.42 Å². The Hall–Kier alpha value is -1.58. The van der Waals surface area contributed by atoms with Gasteiger partial charge < -0.3 is 165 Å². The molecule has 0 amide bonds. The first-order valence-corrected chi connectivity index (χ1v) is 26.0. The highest BCUT2D eigenvalue weighted by Gasteiger charge is 2.59. The van der Waals surface area contributed by atoms with Crippen LogP contribution in [0, 0.1) is 0 Å². The normalized spacial score (nSPS) is 52.9. The number of aliphatic hydroxyl groups excluding tert-OH is 18. The van der Waals surface area contributed by atoms with Gasteiger partial charge in [-0.15, -0.1) is 6.58 Å². The zero-order valence-corrected chi connectivity index (χ0v) is 43.0. The Bertz CT molecular complexity index is 1880. The van der Waals surface area contributed by atoms with E-state index in [1.807, 2.05) is 0 Å². The zero-order chi connectivity index (χ0) is 58.1. The zero-order valence-electron chi connectivity index (χ0n) is 43.0. The van der Waals surface area contributed by atoms with Crippen molar-refractivity contribution in [2.24, 2.45) is 11.5 Å². The van der Waals surface area contributed by atoms with Crippen LogP contribution in [-0.4, -0.2) is 340 Å². The fraction of sp³-hybridized carbons (Fsp3) is 0.957. The largest absolute Gasteiger partial charge is 0.394 e. The van der Waals surface area contributed by atoms with Crippen molar-refractivity contribution >= 4 is 0 Å². The Labute approximate surface area is 451 Å². The molecule has 79 heavy (non-hydrogen) atoms. The summed E-state index contributed by atoms with van der Waals surface area (Å²) in [4.78, 5) is 0. The number of nitrogens with two attached hydrogens (primary N) is 2. The summed E-state index contributed by atoms with van der Waals surface area (Å²) in [5, 5.41) is 195. The Morgan fingerprint density at radius 2 is 0.709 bits per heavy atom. The molecular formula is C46H80N2O31. The van der Waals surface area contributed by atoms with Gasteiger partial charge >= 0.3 is 0 Å². The molecule has 0 radical (unpaired) electrons. The molecule has 22 N–H and O–H groups in total. The standard InChI is InChI=1S/C46H80N2O31/c1-4-5-6-14-25(57)38(26(58)16(8-50)69-14)77-41-20(47)28(60)35(18(10-52)72-41)74-45-34(66)39(27(59)17(9-51)70-45)78-42-21(48)37(76-43-32(64)29(61)22(54)12(2)67-43)36(19(11-53)73-42)75-46-40(31(63)24(56)15(7-49)71-46)79-44-33(65)30(62)23(55)13(3)68-44/h4,12-46,49-66H,1,5-11,47-48H2,2-3H3/t12?,13?,14-,15?,16?,17?,18?,19?,20?,21?,22+,23+,24-,25?,26-,27-,28?,29?,30?,31?,32?,33?,34?,35-,36-,37?,38?,39?,40?,41-,42-,43-,44-,45-,46-/m0/s1. The summed E-state index contributed by atoms with van der Waals surface area (Å²) < 4.78 is 76.6. The van der Waals surface area contributed by atoms with Gasteiger partial charge in [-0.3, -0.25) is 0 Å². The van der Waals surface area contributed by atoms with E-state index in [9.17, 15) is 91.9 Å². The summed E-state index contributed by atoms with van der Waals surface area (Å²) in [6, 6.07) is -3.41. The van der Waals surface area contributed by atoms with E-state index in [4.69, 9.17) is 73.0 Å². The lowest BCUT2D eigenvalue weighted by atomic mass is 9.92. The molecule has 0 aromatic rings. The maximum absolute atomic E-state index is 11.9. The monoisotopic (exact) mass is 1160 g/mol. The number of ether oxygens (including phenoxy) is 13. The van der Waals surface area contributed by atoms with Gasteiger partial charge in [0.25, 0.3) is 0 Å². The van der Waals surface area contributed by atoms with Crippen molar-refractivity contribution in [2.75, 3.05) is 33.0 Å². The van der Waals surface area contributed by atoms with Crippen molar-refractivity contribution in [1.82, 2.24) is 0 Å². The lowest BCUT2D eigenvalue weighted by Crippen LogP contribution is -2.71. The Morgan fingerprint density at radius 3 is 1.23 bits per heavy atom. The van der Waals surface area contributed by atoms with Crippen LogP contribution in [0.5, 0.6) is 0 Å². The summed E-state index contributed by atoms with van der Waals surface area (Å²) >= 11 is 0. The van der Waals surface area contributed by atoms with Gasteiger partial charge in [0.2, 0.25) is 0 Å². The molecule has 460 valence electrons. The van der Waals surface area contributed by atoms with Gasteiger partial charge in [0.1, 0.15) is 146 Å². The van der Waals surface area contributed by atoms with Gasteiger partial charge in [0, 0.05) is 0 Å². The summed E-state index contributed by atoms with van der Waals surface area (Å²) in [6.07, 6.45) is -55.5. The van der Waals surface area contributed by atoms with Crippen LogP contribution >= 0.6 is 0 Å². The SMILES string of the molecule is C=CCC[C@@H]1OC(CO)[C@H](O)C(O[C@@H]2OC(CO)[C@H](O[C@@H]3OC(CO)[C@H](O)C(O[C@@H]4OC(CO)[C@H](O[C@@H]5OC(CO)[C@H](O)C(O)C5O[C@@H]5OC(C)[C@@H](O)C(O)C5O)C(O[C@@H]5OC(C)[C@@H](O)C(O)C5O)C4N)C3O)C(O)C2N)C1O. The van der Waals surface area contributed by atoms with Crippen LogP contribution in [-0.2, 0) is 61.6 Å². The summed E-state index contributed by atoms with van der Waals surface area (Å²) in [5.41, 5.74) is 13.2. The molecule has 7 aliphatic rings. The first-order chi connectivity index (χ1) is 37.5. The van der Waals surface area contributed by atoms with E-state index in [-0.39, 0.29) is 6.42 Å². The van der Waals surface area contributed by atoms with E-state index in [1.54, 1.807) is 6.08 Å². The molecule has 7 heterocycles. The molecule has 35 atom stereocenters. The number of hydrogen-bond acceptors (Lipinski definition) is 33. The molecule has 7 rings (SSSR count). The molecule has 0 aliphatic carbocycles. The fourth-order valence-electron chi connectivity index (χ4n) is 10.6. The Balaban J connectivity index is 1.13. The molecule has 7 aliphatic heterocycles. The lowest BCUT2D eigenvalue weighted by Gasteiger charge is -2.51. The highest BCUT2D eigenvalue weighted by Crippen LogP contribution is 2.38. The third-order valence-electron chi connectivity index (χ3n) is 15.4. The first-order valence-electron chi connectivity index (χ1n) is 26.0. The second-order valence-electron chi connectivity index (χ2n) is 20.7. The predicted octanol–water partition coefficient (Wildman–Crippen LogP) is -12.3. The highest BCUT2D eigenvalue weighted by molar-refractivity contribution is 5.03. The average molecular weight is 1160 g/mol. The number of allylic oxidation sites excluding steroid dienone is 1. The van der Waals surface area contributed by atoms with E-state index in [2.05, 4.69) is 6.58 Å². The van der Waals surface area contributed by atoms with E-state index in [1.165, 1.54) is 13.8 Å². The van der Waals surface area contributed by atoms with Gasteiger partial charge in [0.05, 0.1) is 63.4 Å². The number of rotatable bonds is 20. The second kappa shape index (κ2) is 28.1. The molecule has 0 spiro atoms. The predicted molar refractivity (Wildman–Crippen MR) is 250 cm³/mol. The van der Waals surface area contributed by atoms with Crippen LogP contribution in [0.15, 0.2) is 12.7 Å². The van der Waals surface area contributed by atoms with Gasteiger partial charge in [0.15, 0.2) is 37.7 Å². The lowest BCUT2D eigenvalue weighted by molar-refractivity contribution is -0.399. The summed E-state index contributed by atoms with van der Waals surface area (Å²) in [5.74, 6) is 0. The van der Waals surface area contributed by atoms with Gasteiger partial charge in [-0.1, -0.05) is 6.08 Å². The maximum atomic E-state index is 11.9. The molecular weight excluding hydrogens is 1080 g/mol. The Kier molecular flexibility index (Phi) is 23.1. The fourth-order valence-corrected chi connectivity index (χ4v) is 10.6. The van der Waals surface area contributed by atoms with Gasteiger partial charge in [-0.25, -0.2) is 0 Å². The van der Waals surface area contributed by atoms with Crippen LogP contribution in [0.4, 0.5) is 0 Å². The summed E-state index contributed by atoms with van der Waals surface area (Å²) in [6.45, 7) is 1.67. The van der Waals surface area contributed by atoms with E-state index >= 15 is 0 Å². The number of hydrogen-bond donors (Lipinski definition) is 20. The van der Waals surface area contributed by atoms with Crippen LogP contribution < -0.4 is 11.5 Å². The van der Waals surface area contributed by atoms with Gasteiger partial charge in [-0.05, 0) is 26.7 Å². The van der Waals surface area contributed by atoms with Crippen LogP contribution in [0.3, 0.4) is 0 Å². The third kappa shape index (κ3) is 13.6. The van der Waals surface area contributed by atoms with Crippen LogP contribution in [0.2, 0.25) is 0 Å². The summed E-state index contributed by atoms with van der Waals surface area (Å²) in [7, 11) is 0. The topological polar surface area (TPSA) is 536 Å². The van der Waals surface area contributed by atoms with Crippen molar-refractivity contribution in [1.29, 1.82) is 0 Å². The maximum Gasteiger partial charge on any atom is 0.187 e. The molecule has 33 nitrogen and oxygen atoms in total. The van der Waals surface area contributed by atoms with Crippen molar-refractivity contribution in [3.8, 4) is 0 Å². The molecule has 21 unspecified atom stereocenters. The Morgan fingerprint density at radius 1 is 0.329 bits per heavy atom.